The molecule has 1 aromatic carbocycles. The van der Waals surface area contributed by atoms with Gasteiger partial charge >= 0.3 is 6.09 Å². The second-order valence-corrected chi connectivity index (χ2v) is 6.90. The van der Waals surface area contributed by atoms with Crippen LogP contribution in [0.3, 0.4) is 0 Å². The summed E-state index contributed by atoms with van der Waals surface area (Å²) in [7, 11) is 0. The fourth-order valence-electron chi connectivity index (χ4n) is 2.30. The number of hydrogen-bond donors (Lipinski definition) is 1. The molecule has 7 nitrogen and oxygen atoms in total. The Kier molecular flexibility index (Phi) is 4.71. The zero-order valence-corrected chi connectivity index (χ0v) is 15.2. The first kappa shape index (κ1) is 17.6. The van der Waals surface area contributed by atoms with E-state index < -0.39 is 11.7 Å². The number of aryl methyl sites for hydroxylation is 1. The van der Waals surface area contributed by atoms with Crippen molar-refractivity contribution >= 4 is 17.6 Å². The average Bonchev–Trinajstić information content (AvgIpc) is 3.04. The number of ether oxygens (including phenoxy) is 1. The van der Waals surface area contributed by atoms with E-state index in [0.717, 1.165) is 22.5 Å². The Bertz CT molecular complexity index is 910. The summed E-state index contributed by atoms with van der Waals surface area (Å²) in [5, 5.41) is 7.29. The summed E-state index contributed by atoms with van der Waals surface area (Å²) < 4.78 is 6.51. The highest BCUT2D eigenvalue weighted by Crippen LogP contribution is 2.22. The van der Waals surface area contributed by atoms with E-state index in [2.05, 4.69) is 20.4 Å². The first-order valence-corrected chi connectivity index (χ1v) is 8.24. The maximum atomic E-state index is 12.0. The van der Waals surface area contributed by atoms with Crippen molar-refractivity contribution in [3.8, 4) is 11.1 Å². The highest BCUT2D eigenvalue weighted by atomic mass is 16.6. The van der Waals surface area contributed by atoms with Crippen molar-refractivity contribution in [1.29, 1.82) is 0 Å². The van der Waals surface area contributed by atoms with Gasteiger partial charge in [-0.1, -0.05) is 12.1 Å². The van der Waals surface area contributed by atoms with Crippen molar-refractivity contribution in [1.82, 2.24) is 19.7 Å². The molecular weight excluding hydrogens is 330 g/mol. The Labute approximate surface area is 152 Å². The van der Waals surface area contributed by atoms with Gasteiger partial charge in [0.05, 0.1) is 18.1 Å². The Morgan fingerprint density at radius 2 is 1.81 bits per heavy atom. The van der Waals surface area contributed by atoms with Crippen LogP contribution in [0.25, 0.3) is 11.1 Å². The second kappa shape index (κ2) is 6.95. The van der Waals surface area contributed by atoms with Crippen molar-refractivity contribution < 1.29 is 9.53 Å². The molecule has 0 spiro atoms. The van der Waals surface area contributed by atoms with Crippen LogP contribution >= 0.6 is 0 Å². The van der Waals surface area contributed by atoms with Crippen LogP contribution in [0.4, 0.5) is 16.3 Å². The Morgan fingerprint density at radius 3 is 2.46 bits per heavy atom. The lowest BCUT2D eigenvalue weighted by molar-refractivity contribution is 0.0514. The van der Waals surface area contributed by atoms with Crippen LogP contribution in [0.2, 0.25) is 0 Å². The molecule has 3 rings (SSSR count). The number of carbonyl (C=O) groups is 1. The number of nitrogens with one attached hydrogen (secondary N) is 1. The largest absolute Gasteiger partial charge is 0.442 e. The SMILES string of the molecule is Cc1cncc(Nc2ccc(-c3cnn(C(=O)OC(C)(C)C)c3)cc2)n1. The van der Waals surface area contributed by atoms with Crippen LogP contribution in [0.1, 0.15) is 26.5 Å². The second-order valence-electron chi connectivity index (χ2n) is 6.90. The molecule has 0 aliphatic carbocycles. The minimum Gasteiger partial charge on any atom is -0.442 e. The zero-order valence-electron chi connectivity index (χ0n) is 15.2. The van der Waals surface area contributed by atoms with E-state index in [1.807, 2.05) is 52.0 Å². The highest BCUT2D eigenvalue weighted by Gasteiger charge is 2.18. The van der Waals surface area contributed by atoms with Crippen molar-refractivity contribution in [2.24, 2.45) is 0 Å². The van der Waals surface area contributed by atoms with Crippen LogP contribution < -0.4 is 5.32 Å². The molecule has 0 fully saturated rings. The van der Waals surface area contributed by atoms with E-state index >= 15 is 0 Å². The molecule has 26 heavy (non-hydrogen) atoms. The minimum absolute atomic E-state index is 0.500. The molecule has 0 bridgehead atoms. The number of rotatable bonds is 3. The predicted molar refractivity (Wildman–Crippen MR) is 99.3 cm³/mol. The van der Waals surface area contributed by atoms with Gasteiger partial charge < -0.3 is 10.1 Å². The summed E-state index contributed by atoms with van der Waals surface area (Å²) in [5.74, 6) is 0.690. The molecule has 0 unspecified atom stereocenters. The smallest absolute Gasteiger partial charge is 0.435 e. The average molecular weight is 351 g/mol. The molecule has 0 radical (unpaired) electrons. The summed E-state index contributed by atoms with van der Waals surface area (Å²) in [4.78, 5) is 20.5. The van der Waals surface area contributed by atoms with Crippen LogP contribution in [-0.2, 0) is 4.74 Å². The molecule has 2 heterocycles. The van der Waals surface area contributed by atoms with E-state index in [4.69, 9.17) is 4.74 Å². The lowest BCUT2D eigenvalue weighted by Gasteiger charge is -2.18. The van der Waals surface area contributed by atoms with Gasteiger partial charge in [-0.2, -0.15) is 9.78 Å². The van der Waals surface area contributed by atoms with Gasteiger partial charge in [0.2, 0.25) is 0 Å². The molecule has 0 amide bonds. The lowest BCUT2D eigenvalue weighted by Crippen LogP contribution is -2.27. The lowest BCUT2D eigenvalue weighted by atomic mass is 10.1. The van der Waals surface area contributed by atoms with Gasteiger partial charge in [-0.25, -0.2) is 9.78 Å². The third kappa shape index (κ3) is 4.44. The summed E-state index contributed by atoms with van der Waals surface area (Å²) >= 11 is 0. The van der Waals surface area contributed by atoms with Gasteiger partial charge in [0, 0.05) is 23.6 Å². The maximum absolute atomic E-state index is 12.0. The van der Waals surface area contributed by atoms with Crippen molar-refractivity contribution in [2.75, 3.05) is 5.32 Å². The number of carbonyl (C=O) groups excluding carboxylic acids is 1. The predicted octanol–water partition coefficient (Wildman–Crippen LogP) is 4.18. The molecular formula is C19H21N5O2. The van der Waals surface area contributed by atoms with Gasteiger partial charge in [-0.05, 0) is 45.4 Å². The van der Waals surface area contributed by atoms with E-state index in [9.17, 15) is 4.79 Å². The van der Waals surface area contributed by atoms with Gasteiger partial charge in [0.1, 0.15) is 11.4 Å². The standard InChI is InChI=1S/C19H21N5O2/c1-13-9-20-11-17(22-13)23-16-7-5-14(6-8-16)15-10-21-24(12-15)18(25)26-19(2,3)4/h5-12H,1-4H3,(H,22,23). The van der Waals surface area contributed by atoms with Crippen LogP contribution in [0, 0.1) is 6.92 Å². The highest BCUT2D eigenvalue weighted by molar-refractivity contribution is 5.73. The van der Waals surface area contributed by atoms with Crippen LogP contribution in [0.5, 0.6) is 0 Å². The minimum atomic E-state index is -0.560. The summed E-state index contributed by atoms with van der Waals surface area (Å²) in [6.45, 7) is 7.35. The quantitative estimate of drug-likeness (QED) is 0.762. The molecule has 0 saturated heterocycles. The van der Waals surface area contributed by atoms with Crippen molar-refractivity contribution in [3.63, 3.8) is 0 Å². The molecule has 0 saturated carbocycles. The fourth-order valence-corrected chi connectivity index (χ4v) is 2.30. The first-order chi connectivity index (χ1) is 12.3. The molecule has 2 aromatic heterocycles. The van der Waals surface area contributed by atoms with E-state index in [1.54, 1.807) is 24.8 Å². The van der Waals surface area contributed by atoms with Gasteiger partial charge in [-0.3, -0.25) is 4.98 Å². The third-order valence-corrected chi connectivity index (χ3v) is 3.41. The number of hydrogen-bond acceptors (Lipinski definition) is 6. The molecule has 0 aliphatic rings. The zero-order chi connectivity index (χ0) is 18.7. The van der Waals surface area contributed by atoms with Crippen LogP contribution in [-0.4, -0.2) is 31.4 Å². The van der Waals surface area contributed by atoms with Crippen molar-refractivity contribution in [2.45, 2.75) is 33.3 Å². The summed E-state index contributed by atoms with van der Waals surface area (Å²) in [5.41, 5.74) is 2.96. The molecule has 7 heteroatoms. The maximum Gasteiger partial charge on any atom is 0.435 e. The van der Waals surface area contributed by atoms with E-state index in [-0.39, 0.29) is 0 Å². The van der Waals surface area contributed by atoms with Crippen molar-refractivity contribution in [3.05, 3.63) is 54.7 Å². The molecule has 0 atom stereocenters. The number of anilines is 2. The number of nitrogens with zero attached hydrogens (tertiary/aromatic N) is 4. The van der Waals surface area contributed by atoms with Gasteiger partial charge in [0.15, 0.2) is 0 Å². The number of benzene rings is 1. The molecule has 1 N–H and O–H groups in total. The molecule has 0 aliphatic heterocycles. The summed E-state index contributed by atoms with van der Waals surface area (Å²) in [6, 6.07) is 7.76. The first-order valence-electron chi connectivity index (χ1n) is 8.24. The van der Waals surface area contributed by atoms with Gasteiger partial charge in [0.25, 0.3) is 0 Å². The number of aromatic nitrogens is 4. The normalized spacial score (nSPS) is 11.2. The Hall–Kier alpha value is -3.22. The summed E-state index contributed by atoms with van der Waals surface area (Å²) in [6.07, 6.45) is 6.17. The van der Waals surface area contributed by atoms with Gasteiger partial charge in [-0.15, -0.1) is 0 Å². The van der Waals surface area contributed by atoms with E-state index in [0.29, 0.717) is 5.82 Å². The molecule has 134 valence electrons. The third-order valence-electron chi connectivity index (χ3n) is 3.41. The Balaban J connectivity index is 1.72. The monoisotopic (exact) mass is 351 g/mol. The Morgan fingerprint density at radius 1 is 1.08 bits per heavy atom. The van der Waals surface area contributed by atoms with E-state index in [1.165, 1.54) is 4.68 Å². The van der Waals surface area contributed by atoms with Crippen LogP contribution in [0.15, 0.2) is 49.1 Å². The fraction of sp³-hybridized carbons (Fsp3) is 0.263. The molecule has 3 aromatic rings. The topological polar surface area (TPSA) is 81.9 Å².